The zero-order valence-corrected chi connectivity index (χ0v) is 15.9. The van der Waals surface area contributed by atoms with Gasteiger partial charge >= 0.3 is 0 Å². The molecule has 4 aliphatic rings. The van der Waals surface area contributed by atoms with Gasteiger partial charge < -0.3 is 9.84 Å². The summed E-state index contributed by atoms with van der Waals surface area (Å²) in [6, 6.07) is 6.77. The number of nitrogens with zero attached hydrogens (tertiary/aromatic N) is 3. The van der Waals surface area contributed by atoms with Gasteiger partial charge in [0.2, 0.25) is 5.89 Å². The molecule has 1 N–H and O–H groups in total. The van der Waals surface area contributed by atoms with Gasteiger partial charge in [-0.25, -0.2) is 0 Å². The van der Waals surface area contributed by atoms with E-state index >= 15 is 0 Å². The summed E-state index contributed by atoms with van der Waals surface area (Å²) in [5, 5.41) is 7.93. The zero-order chi connectivity index (χ0) is 17.8. The first-order chi connectivity index (χ1) is 13.3. The lowest BCUT2D eigenvalue weighted by Crippen LogP contribution is -2.32. The van der Waals surface area contributed by atoms with Crippen molar-refractivity contribution in [3.63, 3.8) is 0 Å². The third kappa shape index (κ3) is 2.70. The Kier molecular flexibility index (Phi) is 3.62. The Bertz CT molecular complexity index is 858. The van der Waals surface area contributed by atoms with Gasteiger partial charge in [0.15, 0.2) is 5.82 Å². The molecule has 2 aromatic rings. The van der Waals surface area contributed by atoms with E-state index in [4.69, 9.17) is 9.51 Å². The number of likely N-dealkylation sites (tertiary alicyclic amines) is 1. The summed E-state index contributed by atoms with van der Waals surface area (Å²) in [5.41, 5.74) is 4.40. The monoisotopic (exact) mass is 364 g/mol. The van der Waals surface area contributed by atoms with Gasteiger partial charge in [0.25, 0.3) is 0 Å². The molecule has 0 spiro atoms. The number of benzene rings is 1. The molecule has 5 heteroatoms. The molecule has 5 nitrogen and oxygen atoms in total. The van der Waals surface area contributed by atoms with E-state index in [0.29, 0.717) is 5.92 Å². The Balaban J connectivity index is 1.24. The minimum atomic E-state index is 0.0974. The highest BCUT2D eigenvalue weighted by atomic mass is 16.5. The third-order valence-electron chi connectivity index (χ3n) is 7.33. The van der Waals surface area contributed by atoms with Gasteiger partial charge in [-0.05, 0) is 55.1 Å². The van der Waals surface area contributed by atoms with Gasteiger partial charge in [-0.2, -0.15) is 4.98 Å². The molecule has 27 heavy (non-hydrogen) atoms. The SMILES string of the molecule is c1cc2c(c(CN3C[C@H]4CCC[C@@]4(c4nc(CC5CC5)no4)C3)c1)NCC2. The third-order valence-corrected chi connectivity index (χ3v) is 7.33. The number of hydrogen-bond donors (Lipinski definition) is 1. The molecule has 6 rings (SSSR count). The van der Waals surface area contributed by atoms with Gasteiger partial charge in [-0.1, -0.05) is 29.8 Å². The van der Waals surface area contributed by atoms with Crippen LogP contribution in [0.15, 0.2) is 22.7 Å². The van der Waals surface area contributed by atoms with Crippen LogP contribution in [-0.4, -0.2) is 34.7 Å². The van der Waals surface area contributed by atoms with Crippen LogP contribution in [0.2, 0.25) is 0 Å². The lowest BCUT2D eigenvalue weighted by Gasteiger charge is -2.24. The number of rotatable bonds is 5. The number of fused-ring (bicyclic) bond motifs is 2. The molecule has 0 radical (unpaired) electrons. The molecule has 1 aromatic heterocycles. The first-order valence-electron chi connectivity index (χ1n) is 10.7. The van der Waals surface area contributed by atoms with Crippen LogP contribution in [-0.2, 0) is 24.8 Å². The van der Waals surface area contributed by atoms with Crippen LogP contribution in [0.4, 0.5) is 5.69 Å². The summed E-state index contributed by atoms with van der Waals surface area (Å²) in [4.78, 5) is 7.52. The maximum atomic E-state index is 5.85. The minimum Gasteiger partial charge on any atom is -0.384 e. The number of para-hydroxylation sites is 1. The molecule has 0 amide bonds. The fraction of sp³-hybridized carbons (Fsp3) is 0.636. The van der Waals surface area contributed by atoms with Crippen molar-refractivity contribution in [1.29, 1.82) is 0 Å². The molecular weight excluding hydrogens is 336 g/mol. The second-order valence-electron chi connectivity index (χ2n) is 9.21. The van der Waals surface area contributed by atoms with Gasteiger partial charge in [-0.15, -0.1) is 0 Å². The first-order valence-corrected chi connectivity index (χ1v) is 10.7. The van der Waals surface area contributed by atoms with Gasteiger partial charge in [0.05, 0.1) is 5.41 Å². The highest BCUT2D eigenvalue weighted by Gasteiger charge is 2.54. The van der Waals surface area contributed by atoms with Crippen molar-refractivity contribution in [2.45, 2.75) is 56.9 Å². The zero-order valence-electron chi connectivity index (χ0n) is 15.9. The molecule has 2 aliphatic heterocycles. The normalized spacial score (nSPS) is 29.7. The molecule has 1 aromatic carbocycles. The molecule has 2 aliphatic carbocycles. The average molecular weight is 364 g/mol. The molecule has 1 saturated heterocycles. The maximum Gasteiger partial charge on any atom is 0.234 e. The second-order valence-corrected chi connectivity index (χ2v) is 9.21. The summed E-state index contributed by atoms with van der Waals surface area (Å²) >= 11 is 0. The number of nitrogens with one attached hydrogen (secondary N) is 1. The van der Waals surface area contributed by atoms with Crippen LogP contribution in [0.1, 0.15) is 54.9 Å². The fourth-order valence-corrected chi connectivity index (χ4v) is 5.77. The minimum absolute atomic E-state index is 0.0974. The molecular formula is C22H28N4O. The standard InChI is InChI=1S/C22H28N4O/c1-3-16-8-10-23-20(16)17(4-1)12-26-13-18-5-2-9-22(18,14-26)21-24-19(25-27-21)11-15-6-7-15/h1,3-4,15,18,23H,2,5-14H2/t18-,22-/m1/s1. The molecule has 2 saturated carbocycles. The smallest absolute Gasteiger partial charge is 0.234 e. The lowest BCUT2D eigenvalue weighted by atomic mass is 9.80. The fourth-order valence-electron chi connectivity index (χ4n) is 5.77. The topological polar surface area (TPSA) is 54.2 Å². The molecule has 3 fully saturated rings. The van der Waals surface area contributed by atoms with E-state index in [-0.39, 0.29) is 5.41 Å². The van der Waals surface area contributed by atoms with Crippen molar-refractivity contribution in [1.82, 2.24) is 15.0 Å². The summed E-state index contributed by atoms with van der Waals surface area (Å²) in [6.45, 7) is 4.32. The lowest BCUT2D eigenvalue weighted by molar-refractivity contribution is 0.244. The summed E-state index contributed by atoms with van der Waals surface area (Å²) in [7, 11) is 0. The summed E-state index contributed by atoms with van der Waals surface area (Å²) < 4.78 is 5.85. The van der Waals surface area contributed by atoms with Crippen LogP contribution in [0.3, 0.4) is 0 Å². The summed E-state index contributed by atoms with van der Waals surface area (Å²) in [5.74, 6) is 3.34. The van der Waals surface area contributed by atoms with Crippen LogP contribution >= 0.6 is 0 Å². The van der Waals surface area contributed by atoms with Crippen molar-refractivity contribution < 1.29 is 4.52 Å². The van der Waals surface area contributed by atoms with Crippen molar-refractivity contribution in [3.8, 4) is 0 Å². The predicted molar refractivity (Wildman–Crippen MR) is 104 cm³/mol. The maximum absolute atomic E-state index is 5.85. The Labute approximate surface area is 160 Å². The molecule has 0 bridgehead atoms. The highest BCUT2D eigenvalue weighted by Crippen LogP contribution is 2.50. The van der Waals surface area contributed by atoms with Gasteiger partial charge in [-0.3, -0.25) is 4.90 Å². The average Bonchev–Trinajstić information content (AvgIpc) is 3.07. The Morgan fingerprint density at radius 1 is 1.26 bits per heavy atom. The number of hydrogen-bond acceptors (Lipinski definition) is 5. The van der Waals surface area contributed by atoms with E-state index in [1.54, 1.807) is 0 Å². The second kappa shape index (κ2) is 6.06. The van der Waals surface area contributed by atoms with E-state index in [9.17, 15) is 0 Å². The first kappa shape index (κ1) is 16.1. The van der Waals surface area contributed by atoms with Crippen molar-refractivity contribution >= 4 is 5.69 Å². The molecule has 2 atom stereocenters. The quantitative estimate of drug-likeness (QED) is 0.879. The van der Waals surface area contributed by atoms with E-state index in [0.717, 1.165) is 56.7 Å². The van der Waals surface area contributed by atoms with E-state index in [2.05, 4.69) is 33.6 Å². The number of aromatic nitrogens is 2. The van der Waals surface area contributed by atoms with Gasteiger partial charge in [0.1, 0.15) is 0 Å². The van der Waals surface area contributed by atoms with E-state index in [1.165, 1.54) is 48.9 Å². The van der Waals surface area contributed by atoms with Crippen LogP contribution in [0.5, 0.6) is 0 Å². The Morgan fingerprint density at radius 2 is 2.22 bits per heavy atom. The Morgan fingerprint density at radius 3 is 3.15 bits per heavy atom. The highest BCUT2D eigenvalue weighted by molar-refractivity contribution is 5.61. The van der Waals surface area contributed by atoms with Crippen molar-refractivity contribution in [2.75, 3.05) is 25.0 Å². The Hall–Kier alpha value is -1.88. The summed E-state index contributed by atoms with van der Waals surface area (Å²) in [6.07, 6.45) is 8.62. The van der Waals surface area contributed by atoms with Crippen molar-refractivity contribution in [3.05, 3.63) is 41.0 Å². The van der Waals surface area contributed by atoms with Crippen molar-refractivity contribution in [2.24, 2.45) is 11.8 Å². The molecule has 0 unspecified atom stereocenters. The molecule has 142 valence electrons. The van der Waals surface area contributed by atoms with E-state index < -0.39 is 0 Å². The number of anilines is 1. The largest absolute Gasteiger partial charge is 0.384 e. The molecule has 3 heterocycles. The van der Waals surface area contributed by atoms with Crippen LogP contribution in [0.25, 0.3) is 0 Å². The predicted octanol–water partition coefficient (Wildman–Crippen LogP) is 3.54. The van der Waals surface area contributed by atoms with E-state index in [1.807, 2.05) is 0 Å². The van der Waals surface area contributed by atoms with Gasteiger partial charge in [0, 0.05) is 38.3 Å². The van der Waals surface area contributed by atoms with Crippen LogP contribution < -0.4 is 5.32 Å². The van der Waals surface area contributed by atoms with Crippen LogP contribution in [0, 0.1) is 11.8 Å².